The largest absolute Gasteiger partial charge is 0.0470 e. The highest BCUT2D eigenvalue weighted by Crippen LogP contribution is 2.84. The van der Waals surface area contributed by atoms with Crippen molar-refractivity contribution in [1.29, 1.82) is 0 Å². The van der Waals surface area contributed by atoms with E-state index in [9.17, 15) is 0 Å². The van der Waals surface area contributed by atoms with Gasteiger partial charge in [0.1, 0.15) is 0 Å². The third-order valence-corrected chi connectivity index (χ3v) is 6.42. The monoisotopic (exact) mass is 160 g/mol. The fourth-order valence-electron chi connectivity index (χ4n) is 6.56. The lowest BCUT2D eigenvalue weighted by Crippen LogP contribution is -2.45. The van der Waals surface area contributed by atoms with Crippen LogP contribution in [0.1, 0.15) is 32.1 Å². The molecule has 6 aliphatic carbocycles. The SMILES string of the molecule is C1C2CC3C1C1C4CC(C2)(C4)C31. The molecule has 12 heavy (non-hydrogen) atoms. The van der Waals surface area contributed by atoms with Crippen molar-refractivity contribution in [3.8, 4) is 0 Å². The van der Waals surface area contributed by atoms with Gasteiger partial charge in [0.25, 0.3) is 0 Å². The Kier molecular flexibility index (Phi) is 0.618. The summed E-state index contributed by atoms with van der Waals surface area (Å²) in [5.41, 5.74) is 0.968. The number of fused-ring (bicyclic) bond motifs is 1. The van der Waals surface area contributed by atoms with Crippen LogP contribution in [-0.2, 0) is 0 Å². The van der Waals surface area contributed by atoms with Gasteiger partial charge in [-0.2, -0.15) is 0 Å². The van der Waals surface area contributed by atoms with Gasteiger partial charge in [0.15, 0.2) is 0 Å². The molecule has 0 aromatic rings. The predicted octanol–water partition coefficient (Wildman–Crippen LogP) is 2.69. The van der Waals surface area contributed by atoms with E-state index in [1.54, 1.807) is 32.1 Å². The summed E-state index contributed by atoms with van der Waals surface area (Å²) >= 11 is 0. The number of hydrogen-bond acceptors (Lipinski definition) is 0. The van der Waals surface area contributed by atoms with E-state index in [2.05, 4.69) is 0 Å². The molecule has 0 N–H and O–H groups in total. The van der Waals surface area contributed by atoms with Crippen LogP contribution in [0.2, 0.25) is 0 Å². The van der Waals surface area contributed by atoms with Gasteiger partial charge in [0.05, 0.1) is 0 Å². The maximum Gasteiger partial charge on any atom is -0.0255 e. The quantitative estimate of drug-likeness (QED) is 0.511. The van der Waals surface area contributed by atoms with E-state index in [1.807, 2.05) is 0 Å². The molecule has 6 rings (SSSR count). The molecule has 0 amide bonds. The second-order valence-corrected chi connectivity index (χ2v) is 6.50. The van der Waals surface area contributed by atoms with Gasteiger partial charge in [-0.25, -0.2) is 0 Å². The minimum absolute atomic E-state index is 0.968. The second kappa shape index (κ2) is 1.31. The van der Waals surface area contributed by atoms with Crippen molar-refractivity contribution in [2.45, 2.75) is 32.1 Å². The van der Waals surface area contributed by atoms with Gasteiger partial charge in [-0.05, 0) is 73.0 Å². The Morgan fingerprint density at radius 1 is 0.917 bits per heavy atom. The summed E-state index contributed by atoms with van der Waals surface area (Å²) in [4.78, 5) is 0. The van der Waals surface area contributed by atoms with Gasteiger partial charge >= 0.3 is 0 Å². The summed E-state index contributed by atoms with van der Waals surface area (Å²) in [7, 11) is 0. The van der Waals surface area contributed by atoms with Gasteiger partial charge in [0.2, 0.25) is 0 Å². The maximum atomic E-state index is 1.67. The van der Waals surface area contributed by atoms with E-state index in [4.69, 9.17) is 0 Å². The van der Waals surface area contributed by atoms with E-state index in [-0.39, 0.29) is 0 Å². The summed E-state index contributed by atoms with van der Waals surface area (Å²) < 4.78 is 0. The van der Waals surface area contributed by atoms with Crippen LogP contribution in [0.3, 0.4) is 0 Å². The van der Waals surface area contributed by atoms with Crippen LogP contribution in [0.4, 0.5) is 0 Å². The second-order valence-electron chi connectivity index (χ2n) is 6.50. The molecule has 64 valence electrons. The molecule has 0 aromatic carbocycles. The minimum atomic E-state index is 0.968. The predicted molar refractivity (Wildman–Crippen MR) is 46.5 cm³/mol. The summed E-state index contributed by atoms with van der Waals surface area (Å²) in [6.07, 6.45) is 8.32. The molecule has 6 fully saturated rings. The fraction of sp³-hybridized carbons (Fsp3) is 1.00. The van der Waals surface area contributed by atoms with Crippen LogP contribution in [0.5, 0.6) is 0 Å². The first kappa shape index (κ1) is 5.67. The zero-order valence-electron chi connectivity index (χ0n) is 7.50. The Morgan fingerprint density at radius 2 is 1.75 bits per heavy atom. The third-order valence-electron chi connectivity index (χ3n) is 6.42. The molecule has 0 heteroatoms. The average molecular weight is 160 g/mol. The Morgan fingerprint density at radius 3 is 2.67 bits per heavy atom. The summed E-state index contributed by atoms with van der Waals surface area (Å²) in [6, 6.07) is 0. The van der Waals surface area contributed by atoms with E-state index in [0.29, 0.717) is 0 Å². The van der Waals surface area contributed by atoms with Crippen LogP contribution >= 0.6 is 0 Å². The summed E-state index contributed by atoms with van der Waals surface area (Å²) in [6.45, 7) is 0. The van der Waals surface area contributed by atoms with Crippen LogP contribution < -0.4 is 0 Å². The third kappa shape index (κ3) is 0.337. The first-order valence-corrected chi connectivity index (χ1v) is 5.87. The minimum Gasteiger partial charge on any atom is -0.0470 e. The molecule has 0 nitrogen and oxygen atoms in total. The lowest BCUT2D eigenvalue weighted by molar-refractivity contribution is -0.0272. The van der Waals surface area contributed by atoms with Gasteiger partial charge in [-0.1, -0.05) is 0 Å². The first-order chi connectivity index (χ1) is 5.87. The Labute approximate surface area is 73.7 Å². The highest BCUT2D eigenvalue weighted by Gasteiger charge is 2.76. The molecule has 0 aliphatic heterocycles. The summed E-state index contributed by atoms with van der Waals surface area (Å²) in [5.74, 6) is 7.46. The van der Waals surface area contributed by atoms with E-state index in [1.165, 1.54) is 35.5 Å². The molecular weight excluding hydrogens is 144 g/mol. The molecule has 4 bridgehead atoms. The lowest BCUT2D eigenvalue weighted by atomic mass is 9.54. The molecule has 5 unspecified atom stereocenters. The van der Waals surface area contributed by atoms with Gasteiger partial charge in [-0.3, -0.25) is 0 Å². The van der Waals surface area contributed by atoms with E-state index in [0.717, 1.165) is 5.41 Å². The molecule has 5 atom stereocenters. The highest BCUT2D eigenvalue weighted by molar-refractivity contribution is 5.25. The smallest absolute Gasteiger partial charge is 0.0255 e. The van der Waals surface area contributed by atoms with Crippen molar-refractivity contribution < 1.29 is 0 Å². The normalized spacial score (nSPS) is 80.0. The van der Waals surface area contributed by atoms with Gasteiger partial charge in [0, 0.05) is 0 Å². The standard InChI is InChI=1S/C12H16/c1-6-2-9-8(1)10-7-4-12(3-6,5-7)11(9)10/h6-11H,1-5H2. The van der Waals surface area contributed by atoms with E-state index >= 15 is 0 Å². The van der Waals surface area contributed by atoms with Crippen molar-refractivity contribution in [1.82, 2.24) is 0 Å². The van der Waals surface area contributed by atoms with Crippen LogP contribution in [0.25, 0.3) is 0 Å². The molecule has 0 heterocycles. The van der Waals surface area contributed by atoms with Crippen molar-refractivity contribution in [3.05, 3.63) is 0 Å². The van der Waals surface area contributed by atoms with Crippen LogP contribution in [0.15, 0.2) is 0 Å². The molecule has 6 saturated carbocycles. The Balaban J connectivity index is 1.79. The summed E-state index contributed by atoms with van der Waals surface area (Å²) in [5, 5.41) is 0. The molecule has 6 aliphatic rings. The molecular formula is C12H16. The van der Waals surface area contributed by atoms with Crippen LogP contribution in [-0.4, -0.2) is 0 Å². The number of hydrogen-bond donors (Lipinski definition) is 0. The molecule has 0 aromatic heterocycles. The molecule has 0 radical (unpaired) electrons. The molecule has 1 spiro atoms. The maximum absolute atomic E-state index is 1.67. The molecule has 0 saturated heterocycles. The Bertz CT molecular complexity index is 274. The fourth-order valence-corrected chi connectivity index (χ4v) is 6.56. The van der Waals surface area contributed by atoms with E-state index < -0.39 is 0 Å². The van der Waals surface area contributed by atoms with Crippen molar-refractivity contribution in [2.75, 3.05) is 0 Å². The van der Waals surface area contributed by atoms with Gasteiger partial charge < -0.3 is 0 Å². The van der Waals surface area contributed by atoms with Crippen molar-refractivity contribution in [3.63, 3.8) is 0 Å². The van der Waals surface area contributed by atoms with Crippen LogP contribution in [0, 0.1) is 40.9 Å². The topological polar surface area (TPSA) is 0 Å². The Hall–Kier alpha value is 0. The lowest BCUT2D eigenvalue weighted by Gasteiger charge is -2.51. The van der Waals surface area contributed by atoms with Crippen molar-refractivity contribution >= 4 is 0 Å². The zero-order chi connectivity index (χ0) is 7.50. The average Bonchev–Trinajstić information content (AvgIpc) is 2.44. The van der Waals surface area contributed by atoms with Crippen molar-refractivity contribution in [2.24, 2.45) is 40.9 Å². The van der Waals surface area contributed by atoms with Gasteiger partial charge in [-0.15, -0.1) is 0 Å². The zero-order valence-corrected chi connectivity index (χ0v) is 7.50. The number of rotatable bonds is 0. The first-order valence-electron chi connectivity index (χ1n) is 5.87. The highest BCUT2D eigenvalue weighted by atomic mass is 14.8.